The molecule has 10 heteroatoms. The highest BCUT2D eigenvalue weighted by Gasteiger charge is 2.53. The van der Waals surface area contributed by atoms with Gasteiger partial charge in [0.15, 0.2) is 11.6 Å². The zero-order chi connectivity index (χ0) is 24.0. The lowest BCUT2D eigenvalue weighted by molar-refractivity contribution is 0.0619. The lowest BCUT2D eigenvalue weighted by atomic mass is 10.1. The third-order valence-electron chi connectivity index (χ3n) is 6.29. The number of halogens is 3. The first-order valence-electron chi connectivity index (χ1n) is 10.8. The van der Waals surface area contributed by atoms with E-state index < -0.39 is 28.9 Å². The number of nitrogens with two attached hydrogens (primary N) is 1. The molecule has 1 aliphatic carbocycles. The summed E-state index contributed by atoms with van der Waals surface area (Å²) >= 11 is 0. The Morgan fingerprint density at radius 1 is 1.06 bits per heavy atom. The number of rotatable bonds is 4. The largest absolute Gasteiger partial charge is 0.454 e. The van der Waals surface area contributed by atoms with E-state index in [1.54, 1.807) is 17.2 Å². The summed E-state index contributed by atoms with van der Waals surface area (Å²) in [5, 5.41) is 0.910. The van der Waals surface area contributed by atoms with Crippen molar-refractivity contribution in [3.63, 3.8) is 0 Å². The van der Waals surface area contributed by atoms with Crippen molar-refractivity contribution in [3.05, 3.63) is 71.7 Å². The van der Waals surface area contributed by atoms with E-state index in [0.717, 1.165) is 48.1 Å². The van der Waals surface area contributed by atoms with Crippen molar-refractivity contribution < 1.29 is 22.7 Å². The molecule has 1 unspecified atom stereocenters. The number of pyridine rings is 1. The minimum atomic E-state index is -0.878. The molecule has 2 heterocycles. The van der Waals surface area contributed by atoms with Crippen LogP contribution in [0.25, 0.3) is 0 Å². The van der Waals surface area contributed by atoms with Crippen molar-refractivity contribution in [1.82, 2.24) is 9.88 Å². The van der Waals surface area contributed by atoms with Gasteiger partial charge in [-0.2, -0.15) is 0 Å². The Kier molecular flexibility index (Phi) is 5.60. The molecule has 1 saturated heterocycles. The fraction of sp³-hybridized carbons (Fsp3) is 0.250. The van der Waals surface area contributed by atoms with Gasteiger partial charge in [0.1, 0.15) is 23.2 Å². The summed E-state index contributed by atoms with van der Waals surface area (Å²) in [5.41, 5.74) is 5.89. The second kappa shape index (κ2) is 8.47. The molecule has 2 N–H and O–H groups in total. The average Bonchev–Trinajstić information content (AvgIpc) is 3.56. The van der Waals surface area contributed by atoms with E-state index in [0.29, 0.717) is 25.5 Å². The normalized spacial score (nSPS) is 16.6. The lowest BCUT2D eigenvalue weighted by Gasteiger charge is -2.43. The number of nitrogen functional groups attached to an aromatic ring is 1. The van der Waals surface area contributed by atoms with Crippen molar-refractivity contribution in [2.24, 2.45) is 0 Å². The fourth-order valence-electron chi connectivity index (χ4n) is 4.36. The van der Waals surface area contributed by atoms with Gasteiger partial charge in [-0.15, -0.1) is 9.24 Å². The van der Waals surface area contributed by atoms with Crippen molar-refractivity contribution >= 4 is 32.0 Å². The summed E-state index contributed by atoms with van der Waals surface area (Å²) in [6.07, 6.45) is 3.26. The monoisotopic (exact) mass is 486 g/mol. The molecular weight excluding hydrogens is 464 g/mol. The van der Waals surface area contributed by atoms with Crippen LogP contribution >= 0.6 is 9.24 Å². The van der Waals surface area contributed by atoms with E-state index in [-0.39, 0.29) is 17.1 Å². The SMILES string of the molecule is Nc1cc(P)c(N2CCN(C(=O)c3cc(F)c(Oc4ccc(F)cc4)cc3F)C3(CC3)C2)cn1. The maximum Gasteiger partial charge on any atom is 0.257 e. The first-order valence-corrected chi connectivity index (χ1v) is 11.3. The predicted octanol–water partition coefficient (Wildman–Crippen LogP) is 3.87. The van der Waals surface area contributed by atoms with E-state index in [4.69, 9.17) is 10.5 Å². The number of piperazine rings is 1. The third kappa shape index (κ3) is 4.16. The maximum atomic E-state index is 14.9. The third-order valence-corrected chi connectivity index (χ3v) is 6.76. The molecule has 1 spiro atoms. The second-order valence-electron chi connectivity index (χ2n) is 8.59. The van der Waals surface area contributed by atoms with Crippen molar-refractivity contribution in [2.75, 3.05) is 30.3 Å². The highest BCUT2D eigenvalue weighted by atomic mass is 31.0. The topological polar surface area (TPSA) is 71.7 Å². The molecule has 5 rings (SSSR count). The van der Waals surface area contributed by atoms with Gasteiger partial charge in [-0.1, -0.05) is 0 Å². The van der Waals surface area contributed by atoms with E-state index in [2.05, 4.69) is 19.1 Å². The highest BCUT2D eigenvalue weighted by molar-refractivity contribution is 7.28. The van der Waals surface area contributed by atoms with Gasteiger partial charge < -0.3 is 20.3 Å². The molecule has 6 nitrogen and oxygen atoms in total. The van der Waals surface area contributed by atoms with Gasteiger partial charge in [-0.05, 0) is 54.5 Å². The van der Waals surface area contributed by atoms with Crippen LogP contribution < -0.4 is 20.7 Å². The van der Waals surface area contributed by atoms with Crippen LogP contribution in [-0.4, -0.2) is 41.0 Å². The molecule has 1 aromatic heterocycles. The molecule has 0 radical (unpaired) electrons. The number of anilines is 2. The Hall–Kier alpha value is -3.32. The molecular formula is C24H22F3N4O2P. The summed E-state index contributed by atoms with van der Waals surface area (Å²) in [6.45, 7) is 1.46. The predicted molar refractivity (Wildman–Crippen MR) is 126 cm³/mol. The molecule has 1 saturated carbocycles. The smallest absolute Gasteiger partial charge is 0.257 e. The van der Waals surface area contributed by atoms with E-state index >= 15 is 0 Å². The standard InChI is InChI=1S/C24H22F3N4O2P/c25-14-1-3-15(4-2-14)33-20-10-17(26)16(9-18(20)27)23(32)31-8-7-30(13-24(31)5-6-24)19-12-29-22(28)11-21(19)34/h1-4,9-12H,5-8,13,34H2,(H2,28,29). The zero-order valence-electron chi connectivity index (χ0n) is 18.1. The van der Waals surface area contributed by atoms with Gasteiger partial charge in [-0.3, -0.25) is 4.79 Å². The van der Waals surface area contributed by atoms with Gasteiger partial charge in [0.05, 0.1) is 23.0 Å². The minimum absolute atomic E-state index is 0.150. The Balaban J connectivity index is 1.35. The van der Waals surface area contributed by atoms with Crippen LogP contribution in [0.4, 0.5) is 24.7 Å². The van der Waals surface area contributed by atoms with Crippen LogP contribution in [0.3, 0.4) is 0 Å². The number of hydrogen-bond acceptors (Lipinski definition) is 5. The summed E-state index contributed by atoms with van der Waals surface area (Å²) in [4.78, 5) is 21.2. The number of ether oxygens (including phenoxy) is 1. The zero-order valence-corrected chi connectivity index (χ0v) is 19.3. The molecule has 3 aromatic rings. The Bertz CT molecular complexity index is 1270. The summed E-state index contributed by atoms with van der Waals surface area (Å²) in [6, 6.07) is 8.39. The highest BCUT2D eigenvalue weighted by Crippen LogP contribution is 2.46. The summed E-state index contributed by atoms with van der Waals surface area (Å²) in [5.74, 6) is -2.59. The first-order chi connectivity index (χ1) is 16.3. The Morgan fingerprint density at radius 3 is 2.47 bits per heavy atom. The molecule has 1 atom stereocenters. The average molecular weight is 486 g/mol. The van der Waals surface area contributed by atoms with Crippen molar-refractivity contribution in [2.45, 2.75) is 18.4 Å². The van der Waals surface area contributed by atoms with Crippen LogP contribution in [0.1, 0.15) is 23.2 Å². The molecule has 176 valence electrons. The number of hydrogen-bond donors (Lipinski definition) is 1. The number of aromatic nitrogens is 1. The van der Waals surface area contributed by atoms with Gasteiger partial charge in [0, 0.05) is 25.7 Å². The molecule has 0 bridgehead atoms. The van der Waals surface area contributed by atoms with Gasteiger partial charge in [0.25, 0.3) is 5.91 Å². The quantitative estimate of drug-likeness (QED) is 0.567. The molecule has 2 fully saturated rings. The lowest BCUT2D eigenvalue weighted by Crippen LogP contribution is -2.57. The van der Waals surface area contributed by atoms with Crippen LogP contribution in [-0.2, 0) is 0 Å². The Morgan fingerprint density at radius 2 is 1.79 bits per heavy atom. The minimum Gasteiger partial charge on any atom is -0.454 e. The summed E-state index contributed by atoms with van der Waals surface area (Å²) in [7, 11) is 2.65. The number of nitrogens with zero attached hydrogens (tertiary/aromatic N) is 3. The number of benzene rings is 2. The number of carbonyl (C=O) groups excluding carboxylic acids is 1. The van der Waals surface area contributed by atoms with Crippen LogP contribution in [0.5, 0.6) is 11.5 Å². The van der Waals surface area contributed by atoms with Crippen LogP contribution in [0, 0.1) is 17.5 Å². The van der Waals surface area contributed by atoms with Crippen molar-refractivity contribution in [3.8, 4) is 11.5 Å². The van der Waals surface area contributed by atoms with Crippen LogP contribution in [0.15, 0.2) is 48.7 Å². The number of amides is 1. The van der Waals surface area contributed by atoms with E-state index in [1.165, 1.54) is 12.1 Å². The van der Waals surface area contributed by atoms with Gasteiger partial charge >= 0.3 is 0 Å². The molecule has 2 aliphatic rings. The van der Waals surface area contributed by atoms with Crippen LogP contribution in [0.2, 0.25) is 0 Å². The molecule has 34 heavy (non-hydrogen) atoms. The van der Waals surface area contributed by atoms with Gasteiger partial charge in [-0.25, -0.2) is 18.2 Å². The second-order valence-corrected chi connectivity index (χ2v) is 9.21. The maximum absolute atomic E-state index is 14.9. The molecule has 1 aliphatic heterocycles. The Labute approximate surface area is 196 Å². The molecule has 1 amide bonds. The van der Waals surface area contributed by atoms with Gasteiger partial charge in [0.2, 0.25) is 0 Å². The van der Waals surface area contributed by atoms with E-state index in [9.17, 15) is 18.0 Å². The summed E-state index contributed by atoms with van der Waals surface area (Å²) < 4.78 is 48.0. The fourth-order valence-corrected chi connectivity index (χ4v) is 4.79. The first kappa shape index (κ1) is 22.5. The molecule has 2 aromatic carbocycles. The van der Waals surface area contributed by atoms with Crippen molar-refractivity contribution in [1.29, 1.82) is 0 Å². The van der Waals surface area contributed by atoms with E-state index in [1.807, 2.05) is 0 Å². The number of carbonyl (C=O) groups is 1.